The standard InChI is InChI=1S/C23H26N4O2S3/c1-3-4-12-20-25-26-22(32-20)24-19(28)11-8-13-27-21(29)18(31-23(27)30)15-16(2)14-17-9-6-5-7-10-17/h5-7,9-10,14-15H,3-4,8,11-13H2,1-2H3,(H,24,26,28)/b16-14+,18-15-. The van der Waals surface area contributed by atoms with Gasteiger partial charge in [0, 0.05) is 19.4 Å². The summed E-state index contributed by atoms with van der Waals surface area (Å²) in [6.45, 7) is 4.50. The molecule has 2 amide bonds. The van der Waals surface area contributed by atoms with E-state index in [1.54, 1.807) is 4.90 Å². The Kier molecular flexibility index (Phi) is 9.13. The zero-order valence-electron chi connectivity index (χ0n) is 18.2. The summed E-state index contributed by atoms with van der Waals surface area (Å²) in [6.07, 6.45) is 7.73. The molecule has 1 N–H and O–H groups in total. The molecule has 1 fully saturated rings. The maximum absolute atomic E-state index is 12.8. The largest absolute Gasteiger partial charge is 0.301 e. The molecule has 1 aliphatic rings. The van der Waals surface area contributed by atoms with E-state index < -0.39 is 0 Å². The number of unbranched alkanes of at least 4 members (excludes halogenated alkanes) is 1. The van der Waals surface area contributed by atoms with Crippen LogP contribution in [0.4, 0.5) is 5.13 Å². The topological polar surface area (TPSA) is 75.2 Å². The number of amides is 2. The fraction of sp³-hybridized carbons (Fsp3) is 0.348. The molecule has 0 aliphatic carbocycles. The quantitative estimate of drug-likeness (QED) is 0.356. The van der Waals surface area contributed by atoms with E-state index in [9.17, 15) is 9.59 Å². The molecular weight excluding hydrogens is 460 g/mol. The number of aromatic nitrogens is 2. The van der Waals surface area contributed by atoms with Crippen molar-refractivity contribution >= 4 is 62.7 Å². The number of nitrogens with zero attached hydrogens (tertiary/aromatic N) is 3. The first-order valence-electron chi connectivity index (χ1n) is 10.6. The Morgan fingerprint density at radius 1 is 1.22 bits per heavy atom. The van der Waals surface area contributed by atoms with Gasteiger partial charge in [-0.15, -0.1) is 10.2 Å². The van der Waals surface area contributed by atoms with E-state index in [4.69, 9.17) is 12.2 Å². The molecule has 3 rings (SSSR count). The van der Waals surface area contributed by atoms with Crippen molar-refractivity contribution in [2.75, 3.05) is 11.9 Å². The van der Waals surface area contributed by atoms with Gasteiger partial charge in [-0.3, -0.25) is 14.5 Å². The number of rotatable bonds is 10. The second kappa shape index (κ2) is 12.0. The summed E-state index contributed by atoms with van der Waals surface area (Å²) >= 11 is 8.10. The molecule has 1 aromatic heterocycles. The van der Waals surface area contributed by atoms with Crippen molar-refractivity contribution < 1.29 is 9.59 Å². The lowest BCUT2D eigenvalue weighted by Crippen LogP contribution is -2.29. The van der Waals surface area contributed by atoms with Crippen LogP contribution in [0.5, 0.6) is 0 Å². The van der Waals surface area contributed by atoms with Crippen molar-refractivity contribution in [1.29, 1.82) is 0 Å². The number of anilines is 1. The van der Waals surface area contributed by atoms with E-state index in [2.05, 4.69) is 22.4 Å². The van der Waals surface area contributed by atoms with Gasteiger partial charge >= 0.3 is 0 Å². The molecule has 2 heterocycles. The summed E-state index contributed by atoms with van der Waals surface area (Å²) < 4.78 is 0.527. The molecular formula is C23H26N4O2S3. The maximum atomic E-state index is 12.8. The van der Waals surface area contributed by atoms with Gasteiger partial charge < -0.3 is 5.32 Å². The minimum Gasteiger partial charge on any atom is -0.301 e. The number of thioether (sulfide) groups is 1. The first-order chi connectivity index (χ1) is 15.5. The SMILES string of the molecule is CCCCc1nnc(NC(=O)CCCN2C(=O)/C(=C/C(C)=C/c3ccccc3)SC2=S)s1. The van der Waals surface area contributed by atoms with Gasteiger partial charge in [-0.25, -0.2) is 0 Å². The second-order valence-electron chi connectivity index (χ2n) is 7.39. The van der Waals surface area contributed by atoms with E-state index in [1.165, 1.54) is 23.1 Å². The second-order valence-corrected chi connectivity index (χ2v) is 10.1. The van der Waals surface area contributed by atoms with Gasteiger partial charge in [-0.2, -0.15) is 0 Å². The zero-order valence-corrected chi connectivity index (χ0v) is 20.6. The van der Waals surface area contributed by atoms with Crippen molar-refractivity contribution in [1.82, 2.24) is 15.1 Å². The normalized spacial score (nSPS) is 15.6. The van der Waals surface area contributed by atoms with Gasteiger partial charge in [0.05, 0.1) is 4.91 Å². The van der Waals surface area contributed by atoms with Crippen LogP contribution < -0.4 is 5.32 Å². The molecule has 6 nitrogen and oxygen atoms in total. The van der Waals surface area contributed by atoms with Gasteiger partial charge in [0.2, 0.25) is 11.0 Å². The molecule has 0 unspecified atom stereocenters. The first-order valence-corrected chi connectivity index (χ1v) is 12.6. The van der Waals surface area contributed by atoms with Gasteiger partial charge in [0.1, 0.15) is 9.33 Å². The summed E-state index contributed by atoms with van der Waals surface area (Å²) in [5.74, 6) is -0.239. The molecule has 32 heavy (non-hydrogen) atoms. The van der Waals surface area contributed by atoms with Crippen LogP contribution in [-0.4, -0.2) is 37.8 Å². The molecule has 0 radical (unpaired) electrons. The molecule has 0 spiro atoms. The Balaban J connectivity index is 1.48. The third-order valence-electron chi connectivity index (χ3n) is 4.67. The van der Waals surface area contributed by atoms with E-state index in [0.29, 0.717) is 27.3 Å². The number of hydrogen-bond acceptors (Lipinski definition) is 7. The minimum absolute atomic E-state index is 0.106. The number of aryl methyl sites for hydroxylation is 1. The Labute approximate surface area is 202 Å². The number of nitrogens with one attached hydrogen (secondary N) is 1. The molecule has 1 aromatic carbocycles. The first kappa shape index (κ1) is 24.3. The van der Waals surface area contributed by atoms with Gasteiger partial charge in [-0.1, -0.05) is 85.1 Å². The third-order valence-corrected chi connectivity index (χ3v) is 6.95. The number of carbonyl (C=O) groups is 2. The molecule has 9 heteroatoms. The van der Waals surface area contributed by atoms with Crippen LogP contribution in [0.2, 0.25) is 0 Å². The van der Waals surface area contributed by atoms with Crippen LogP contribution in [-0.2, 0) is 16.0 Å². The highest BCUT2D eigenvalue weighted by Crippen LogP contribution is 2.32. The Hall–Kier alpha value is -2.36. The van der Waals surface area contributed by atoms with Crippen LogP contribution in [0.1, 0.15) is 50.1 Å². The molecule has 0 bridgehead atoms. The van der Waals surface area contributed by atoms with Crippen LogP contribution in [0, 0.1) is 0 Å². The van der Waals surface area contributed by atoms with Gasteiger partial charge in [-0.05, 0) is 37.0 Å². The zero-order chi connectivity index (χ0) is 22.9. The van der Waals surface area contributed by atoms with E-state index in [0.717, 1.165) is 35.4 Å². The average molecular weight is 487 g/mol. The lowest BCUT2D eigenvalue weighted by Gasteiger charge is -2.13. The summed E-state index contributed by atoms with van der Waals surface area (Å²) in [5, 5.41) is 12.4. The minimum atomic E-state index is -0.134. The predicted molar refractivity (Wildman–Crippen MR) is 136 cm³/mol. The van der Waals surface area contributed by atoms with E-state index in [1.807, 2.05) is 49.4 Å². The van der Waals surface area contributed by atoms with Crippen molar-refractivity contribution in [2.45, 2.75) is 46.0 Å². The Morgan fingerprint density at radius 2 is 2.00 bits per heavy atom. The Bertz CT molecular complexity index is 1030. The third kappa shape index (κ3) is 7.08. The van der Waals surface area contributed by atoms with E-state index in [-0.39, 0.29) is 18.2 Å². The predicted octanol–water partition coefficient (Wildman–Crippen LogP) is 5.45. The molecule has 1 aliphatic heterocycles. The van der Waals surface area contributed by atoms with Crippen molar-refractivity contribution in [2.24, 2.45) is 0 Å². The summed E-state index contributed by atoms with van der Waals surface area (Å²) in [6, 6.07) is 9.95. The number of thiocarbonyl (C=S) groups is 1. The van der Waals surface area contributed by atoms with Crippen LogP contribution in [0.15, 0.2) is 46.9 Å². The van der Waals surface area contributed by atoms with Crippen LogP contribution in [0.25, 0.3) is 6.08 Å². The monoisotopic (exact) mass is 486 g/mol. The molecule has 0 saturated carbocycles. The smallest absolute Gasteiger partial charge is 0.266 e. The van der Waals surface area contributed by atoms with Crippen molar-refractivity contribution in [3.05, 3.63) is 57.5 Å². The fourth-order valence-corrected chi connectivity index (χ4v) is 5.22. The number of carbonyl (C=O) groups excluding carboxylic acids is 2. The van der Waals surface area contributed by atoms with Crippen molar-refractivity contribution in [3.63, 3.8) is 0 Å². The van der Waals surface area contributed by atoms with Gasteiger partial charge in [0.25, 0.3) is 5.91 Å². The molecule has 1 saturated heterocycles. The summed E-state index contributed by atoms with van der Waals surface area (Å²) in [7, 11) is 0. The maximum Gasteiger partial charge on any atom is 0.266 e. The lowest BCUT2D eigenvalue weighted by molar-refractivity contribution is -0.122. The highest BCUT2D eigenvalue weighted by atomic mass is 32.2. The molecule has 168 valence electrons. The highest BCUT2D eigenvalue weighted by molar-refractivity contribution is 8.26. The number of allylic oxidation sites excluding steroid dienone is 2. The highest BCUT2D eigenvalue weighted by Gasteiger charge is 2.31. The number of benzene rings is 1. The lowest BCUT2D eigenvalue weighted by atomic mass is 10.1. The number of hydrogen-bond donors (Lipinski definition) is 1. The summed E-state index contributed by atoms with van der Waals surface area (Å²) in [4.78, 5) is 27.2. The van der Waals surface area contributed by atoms with Crippen molar-refractivity contribution in [3.8, 4) is 0 Å². The van der Waals surface area contributed by atoms with Crippen LogP contribution >= 0.6 is 35.3 Å². The van der Waals surface area contributed by atoms with Gasteiger partial charge in [0.15, 0.2) is 0 Å². The average Bonchev–Trinajstić information content (AvgIpc) is 3.31. The molecule has 0 atom stereocenters. The summed E-state index contributed by atoms with van der Waals surface area (Å²) in [5.41, 5.74) is 2.06. The van der Waals surface area contributed by atoms with E-state index >= 15 is 0 Å². The van der Waals surface area contributed by atoms with Crippen LogP contribution in [0.3, 0.4) is 0 Å². The fourth-order valence-electron chi connectivity index (χ4n) is 3.07. The Morgan fingerprint density at radius 3 is 2.75 bits per heavy atom. The molecule has 2 aromatic rings.